The average Bonchev–Trinajstić information content (AvgIpc) is 3.40. The first-order chi connectivity index (χ1) is 12.6. The molecule has 1 atom stereocenters. The topological polar surface area (TPSA) is 64.2 Å². The minimum atomic E-state index is 0.0378. The van der Waals surface area contributed by atoms with Crippen molar-refractivity contribution in [1.82, 2.24) is 20.1 Å². The van der Waals surface area contributed by atoms with E-state index in [9.17, 15) is 4.79 Å². The molecular weight excluding hydrogens is 346 g/mol. The van der Waals surface area contributed by atoms with Gasteiger partial charge in [0.2, 0.25) is 5.91 Å². The summed E-state index contributed by atoms with van der Waals surface area (Å²) in [4.78, 5) is 13.6. The van der Waals surface area contributed by atoms with Crippen molar-refractivity contribution in [3.8, 4) is 0 Å². The largest absolute Gasteiger partial charge is 0.349 e. The standard InChI is InChI=1S/C19H27N5OS/c1-4-24-18(15-10-11-15)21-22-19(24)26-13-17(25)20-12-16(23(2)3)14-8-6-5-7-9-14/h5-9,15-16H,4,10-13H2,1-3H3,(H,20,25)/p+1/t16-/m1/s1. The van der Waals surface area contributed by atoms with Crippen LogP contribution in [0.4, 0.5) is 0 Å². The molecule has 26 heavy (non-hydrogen) atoms. The van der Waals surface area contributed by atoms with Gasteiger partial charge in [0, 0.05) is 18.0 Å². The molecular formula is C19H28N5OS+. The third-order valence-corrected chi connectivity index (χ3v) is 5.71. The van der Waals surface area contributed by atoms with Gasteiger partial charge in [0.25, 0.3) is 0 Å². The molecule has 0 saturated heterocycles. The highest BCUT2D eigenvalue weighted by molar-refractivity contribution is 7.99. The number of hydrogen-bond acceptors (Lipinski definition) is 4. The smallest absolute Gasteiger partial charge is 0.230 e. The zero-order valence-electron chi connectivity index (χ0n) is 15.7. The summed E-state index contributed by atoms with van der Waals surface area (Å²) in [5, 5.41) is 12.5. The lowest BCUT2D eigenvalue weighted by atomic mass is 10.1. The third-order valence-electron chi connectivity index (χ3n) is 4.74. The minimum absolute atomic E-state index is 0.0378. The van der Waals surface area contributed by atoms with E-state index in [2.05, 4.69) is 53.2 Å². The van der Waals surface area contributed by atoms with E-state index in [-0.39, 0.29) is 11.9 Å². The second-order valence-electron chi connectivity index (χ2n) is 6.99. The van der Waals surface area contributed by atoms with E-state index >= 15 is 0 Å². The maximum Gasteiger partial charge on any atom is 0.230 e. The molecule has 0 unspecified atom stereocenters. The Morgan fingerprint density at radius 2 is 2.04 bits per heavy atom. The molecule has 1 aliphatic rings. The molecule has 1 saturated carbocycles. The Hall–Kier alpha value is -1.86. The normalized spacial score (nSPS) is 15.2. The number of likely N-dealkylation sites (N-methyl/N-ethyl adjacent to an activating group) is 1. The predicted molar refractivity (Wildman–Crippen MR) is 103 cm³/mol. The molecule has 1 aromatic heterocycles. The summed E-state index contributed by atoms with van der Waals surface area (Å²) >= 11 is 1.47. The number of carbonyl (C=O) groups excluding carboxylic acids is 1. The summed E-state index contributed by atoms with van der Waals surface area (Å²) in [7, 11) is 4.23. The summed E-state index contributed by atoms with van der Waals surface area (Å²) in [6.45, 7) is 3.58. The summed E-state index contributed by atoms with van der Waals surface area (Å²) in [5.41, 5.74) is 1.24. The van der Waals surface area contributed by atoms with Crippen molar-refractivity contribution in [2.45, 2.75) is 43.4 Å². The van der Waals surface area contributed by atoms with Crippen LogP contribution in [0, 0.1) is 0 Å². The van der Waals surface area contributed by atoms with Gasteiger partial charge >= 0.3 is 0 Å². The quantitative estimate of drug-likeness (QED) is 0.649. The number of rotatable bonds is 9. The molecule has 0 aliphatic heterocycles. The van der Waals surface area contributed by atoms with Crippen LogP contribution in [-0.4, -0.2) is 47.1 Å². The average molecular weight is 375 g/mol. The summed E-state index contributed by atoms with van der Waals surface area (Å²) in [5.74, 6) is 2.06. The third kappa shape index (κ3) is 4.65. The van der Waals surface area contributed by atoms with Gasteiger partial charge in [-0.15, -0.1) is 10.2 Å². The lowest BCUT2D eigenvalue weighted by Gasteiger charge is -2.22. The number of nitrogens with zero attached hydrogens (tertiary/aromatic N) is 3. The van der Waals surface area contributed by atoms with Crippen molar-refractivity contribution in [1.29, 1.82) is 0 Å². The molecule has 1 amide bonds. The molecule has 1 aliphatic carbocycles. The molecule has 2 N–H and O–H groups in total. The molecule has 1 aromatic carbocycles. The molecule has 0 bridgehead atoms. The van der Waals surface area contributed by atoms with E-state index in [1.54, 1.807) is 0 Å². The monoisotopic (exact) mass is 374 g/mol. The van der Waals surface area contributed by atoms with Gasteiger partial charge in [0.05, 0.1) is 26.4 Å². The Kier molecular flexibility index (Phi) is 6.32. The number of thioether (sulfide) groups is 1. The van der Waals surface area contributed by atoms with Crippen LogP contribution >= 0.6 is 11.8 Å². The van der Waals surface area contributed by atoms with Crippen LogP contribution in [-0.2, 0) is 11.3 Å². The van der Waals surface area contributed by atoms with Crippen LogP contribution in [0.5, 0.6) is 0 Å². The molecule has 7 heteroatoms. The lowest BCUT2D eigenvalue weighted by Crippen LogP contribution is -3.07. The summed E-state index contributed by atoms with van der Waals surface area (Å²) < 4.78 is 2.15. The zero-order chi connectivity index (χ0) is 18.5. The maximum atomic E-state index is 12.3. The van der Waals surface area contributed by atoms with E-state index in [0.717, 1.165) is 17.5 Å². The fourth-order valence-electron chi connectivity index (χ4n) is 3.09. The highest BCUT2D eigenvalue weighted by Gasteiger charge is 2.30. The molecule has 0 radical (unpaired) electrons. The predicted octanol–water partition coefficient (Wildman–Crippen LogP) is 1.27. The van der Waals surface area contributed by atoms with Crippen molar-refractivity contribution >= 4 is 17.7 Å². The maximum absolute atomic E-state index is 12.3. The van der Waals surface area contributed by atoms with Crippen LogP contribution in [0.2, 0.25) is 0 Å². The molecule has 3 rings (SSSR count). The molecule has 6 nitrogen and oxygen atoms in total. The first-order valence-corrected chi connectivity index (χ1v) is 10.3. The van der Waals surface area contributed by atoms with Crippen molar-refractivity contribution in [3.05, 3.63) is 41.7 Å². The fraction of sp³-hybridized carbons (Fsp3) is 0.526. The highest BCUT2D eigenvalue weighted by atomic mass is 32.2. The Balaban J connectivity index is 1.52. The van der Waals surface area contributed by atoms with E-state index < -0.39 is 0 Å². The van der Waals surface area contributed by atoms with Crippen LogP contribution in [0.3, 0.4) is 0 Å². The van der Waals surface area contributed by atoms with Gasteiger partial charge in [-0.05, 0) is 19.8 Å². The number of aromatic nitrogens is 3. The van der Waals surface area contributed by atoms with Crippen molar-refractivity contribution in [2.75, 3.05) is 26.4 Å². The first-order valence-electron chi connectivity index (χ1n) is 9.27. The zero-order valence-corrected chi connectivity index (χ0v) is 16.6. The second-order valence-corrected chi connectivity index (χ2v) is 7.94. The number of quaternary nitrogens is 1. The van der Waals surface area contributed by atoms with Gasteiger partial charge in [-0.1, -0.05) is 42.1 Å². The molecule has 1 fully saturated rings. The number of carbonyl (C=O) groups is 1. The SMILES string of the molecule is CCn1c(SCC(=O)NC[C@H](c2ccccc2)[NH+](C)C)nnc1C1CC1. The van der Waals surface area contributed by atoms with Crippen molar-refractivity contribution < 1.29 is 9.69 Å². The first kappa shape index (κ1) is 18.9. The number of amides is 1. The van der Waals surface area contributed by atoms with E-state index in [4.69, 9.17) is 0 Å². The van der Waals surface area contributed by atoms with Gasteiger partial charge in [-0.3, -0.25) is 4.79 Å². The van der Waals surface area contributed by atoms with Crippen LogP contribution < -0.4 is 10.2 Å². The summed E-state index contributed by atoms with van der Waals surface area (Å²) in [6, 6.07) is 10.6. The van der Waals surface area contributed by atoms with E-state index in [0.29, 0.717) is 18.2 Å². The van der Waals surface area contributed by atoms with Gasteiger partial charge in [0.15, 0.2) is 5.16 Å². The highest BCUT2D eigenvalue weighted by Crippen LogP contribution is 2.39. The van der Waals surface area contributed by atoms with Gasteiger partial charge in [-0.25, -0.2) is 0 Å². The number of nitrogens with one attached hydrogen (secondary N) is 2. The molecule has 140 valence electrons. The van der Waals surface area contributed by atoms with Crippen molar-refractivity contribution in [3.63, 3.8) is 0 Å². The Morgan fingerprint density at radius 1 is 1.31 bits per heavy atom. The van der Waals surface area contributed by atoms with Crippen LogP contribution in [0.15, 0.2) is 35.5 Å². The second kappa shape index (κ2) is 8.68. The van der Waals surface area contributed by atoms with E-state index in [1.165, 1.54) is 35.1 Å². The lowest BCUT2D eigenvalue weighted by molar-refractivity contribution is -0.890. The Morgan fingerprint density at radius 3 is 2.65 bits per heavy atom. The summed E-state index contributed by atoms with van der Waals surface area (Å²) in [6.07, 6.45) is 2.41. The minimum Gasteiger partial charge on any atom is -0.349 e. The Labute approximate surface area is 159 Å². The van der Waals surface area contributed by atoms with E-state index in [1.807, 2.05) is 18.2 Å². The molecule has 0 spiro atoms. The van der Waals surface area contributed by atoms with Gasteiger partial charge < -0.3 is 14.8 Å². The fourth-order valence-corrected chi connectivity index (χ4v) is 3.92. The van der Waals surface area contributed by atoms with Gasteiger partial charge in [0.1, 0.15) is 11.9 Å². The number of hydrogen-bond donors (Lipinski definition) is 2. The van der Waals surface area contributed by atoms with Crippen LogP contribution in [0.1, 0.15) is 43.1 Å². The number of benzene rings is 1. The molecule has 2 aromatic rings. The van der Waals surface area contributed by atoms with Crippen molar-refractivity contribution in [2.24, 2.45) is 0 Å². The van der Waals surface area contributed by atoms with Gasteiger partial charge in [-0.2, -0.15) is 0 Å². The Bertz CT molecular complexity index is 727. The van der Waals surface area contributed by atoms with Crippen LogP contribution in [0.25, 0.3) is 0 Å². The molecule has 1 heterocycles.